The summed E-state index contributed by atoms with van der Waals surface area (Å²) in [5.41, 5.74) is 1.41. The van der Waals surface area contributed by atoms with E-state index in [1.807, 2.05) is 0 Å². The van der Waals surface area contributed by atoms with Crippen molar-refractivity contribution in [3.05, 3.63) is 63.2 Å². The second-order valence-electron chi connectivity index (χ2n) is 7.66. The van der Waals surface area contributed by atoms with Crippen LogP contribution in [-0.2, 0) is 27.8 Å². The zero-order chi connectivity index (χ0) is 24.6. The summed E-state index contributed by atoms with van der Waals surface area (Å²) < 4.78 is 48.9. The Morgan fingerprint density at radius 3 is 2.82 bits per heavy atom. The molecule has 0 aliphatic heterocycles. The minimum Gasteiger partial charge on any atom is -0.480 e. The fraction of sp³-hybridized carbons (Fsp3) is 0.286. The molecule has 2 aromatic heterocycles. The average Bonchev–Trinajstić information content (AvgIpc) is 3.19. The third kappa shape index (κ3) is 4.81. The maximum atomic E-state index is 13.7. The van der Waals surface area contributed by atoms with Crippen molar-refractivity contribution in [3.8, 4) is 11.6 Å². The molecule has 1 unspecified atom stereocenters. The largest absolute Gasteiger partial charge is 0.480 e. The van der Waals surface area contributed by atoms with Crippen LogP contribution in [0.5, 0.6) is 11.6 Å². The monoisotopic (exact) mass is 572 g/mol. The number of aliphatic carboxylic acids is 1. The predicted molar refractivity (Wildman–Crippen MR) is 124 cm³/mol. The van der Waals surface area contributed by atoms with Crippen molar-refractivity contribution in [1.29, 1.82) is 0 Å². The standard InChI is InChI=1S/C21H19BrClFN4O5S/c1-27(18-3-2-4-19-14(18)10-26-28(19)11-20(29)30)34(31,32)13-8-15(22)21(25-9-13)33-12-5-6-16(23)17(24)7-12/h5-10,18H,2-4,11H2,1H3,(H,29,30). The summed E-state index contributed by atoms with van der Waals surface area (Å²) in [6.07, 6.45) is 4.58. The number of fused-ring (bicyclic) bond motifs is 1. The first kappa shape index (κ1) is 24.6. The van der Waals surface area contributed by atoms with Crippen LogP contribution in [0.1, 0.15) is 30.1 Å². The predicted octanol–water partition coefficient (Wildman–Crippen LogP) is 4.41. The molecule has 1 aromatic carbocycles. The van der Waals surface area contributed by atoms with E-state index in [0.29, 0.717) is 24.8 Å². The number of carboxylic acids is 1. The van der Waals surface area contributed by atoms with E-state index in [2.05, 4.69) is 26.0 Å². The van der Waals surface area contributed by atoms with Crippen LogP contribution in [0.2, 0.25) is 5.02 Å². The van der Waals surface area contributed by atoms with Crippen LogP contribution in [0.25, 0.3) is 0 Å². The summed E-state index contributed by atoms with van der Waals surface area (Å²) >= 11 is 8.94. The number of nitrogens with zero attached hydrogens (tertiary/aromatic N) is 4. The van der Waals surface area contributed by atoms with Gasteiger partial charge in [0.15, 0.2) is 0 Å². The summed E-state index contributed by atoms with van der Waals surface area (Å²) in [6.45, 7) is -0.283. The number of halogens is 3. The molecular formula is C21H19BrClFN4O5S. The van der Waals surface area contributed by atoms with Crippen LogP contribution in [0.4, 0.5) is 4.39 Å². The molecule has 0 saturated carbocycles. The third-order valence-corrected chi connectivity index (χ3v) is 8.23. The molecule has 1 aliphatic rings. The fourth-order valence-corrected chi connectivity index (χ4v) is 5.89. The lowest BCUT2D eigenvalue weighted by atomic mass is 9.93. The summed E-state index contributed by atoms with van der Waals surface area (Å²) in [4.78, 5) is 15.1. The van der Waals surface area contributed by atoms with Gasteiger partial charge in [0.25, 0.3) is 0 Å². The van der Waals surface area contributed by atoms with E-state index in [-0.39, 0.29) is 32.6 Å². The molecule has 34 heavy (non-hydrogen) atoms. The van der Waals surface area contributed by atoms with Gasteiger partial charge in [-0.1, -0.05) is 11.6 Å². The van der Waals surface area contributed by atoms with Gasteiger partial charge in [0.05, 0.1) is 27.9 Å². The lowest BCUT2D eigenvalue weighted by molar-refractivity contribution is -0.137. The van der Waals surface area contributed by atoms with Crippen LogP contribution in [0, 0.1) is 5.82 Å². The quantitative estimate of drug-likeness (QED) is 0.445. The highest BCUT2D eigenvalue weighted by molar-refractivity contribution is 9.10. The van der Waals surface area contributed by atoms with Crippen LogP contribution < -0.4 is 4.74 Å². The van der Waals surface area contributed by atoms with Crippen molar-refractivity contribution in [2.75, 3.05) is 7.05 Å². The average molecular weight is 574 g/mol. The molecule has 1 atom stereocenters. The molecule has 13 heteroatoms. The number of aromatic nitrogens is 3. The molecule has 9 nitrogen and oxygen atoms in total. The Labute approximate surface area is 208 Å². The Kier molecular flexibility index (Phi) is 6.94. The van der Waals surface area contributed by atoms with Gasteiger partial charge in [0.2, 0.25) is 15.9 Å². The molecule has 0 saturated heterocycles. The molecule has 0 bridgehead atoms. The van der Waals surface area contributed by atoms with Gasteiger partial charge in [-0.2, -0.15) is 9.40 Å². The lowest BCUT2D eigenvalue weighted by Crippen LogP contribution is -2.33. The van der Waals surface area contributed by atoms with E-state index < -0.39 is 27.9 Å². The molecule has 180 valence electrons. The van der Waals surface area contributed by atoms with Crippen molar-refractivity contribution in [1.82, 2.24) is 19.1 Å². The smallest absolute Gasteiger partial charge is 0.325 e. The van der Waals surface area contributed by atoms with Crippen LogP contribution in [0.15, 0.2) is 46.0 Å². The van der Waals surface area contributed by atoms with Crippen molar-refractivity contribution in [2.45, 2.75) is 36.7 Å². The Hall–Kier alpha value is -2.54. The van der Waals surface area contributed by atoms with Gasteiger partial charge in [-0.15, -0.1) is 0 Å². The number of benzene rings is 1. The van der Waals surface area contributed by atoms with E-state index in [4.69, 9.17) is 21.4 Å². The number of ether oxygens (including phenoxy) is 1. The van der Waals surface area contributed by atoms with Gasteiger partial charge < -0.3 is 9.84 Å². The minimum atomic E-state index is -3.97. The summed E-state index contributed by atoms with van der Waals surface area (Å²) in [5.74, 6) is -1.47. The SMILES string of the molecule is CN(C1CCCc2c1cnn2CC(=O)O)S(=O)(=O)c1cnc(Oc2ccc(Cl)c(F)c2)c(Br)c1. The Morgan fingerprint density at radius 2 is 2.15 bits per heavy atom. The molecule has 1 aliphatic carbocycles. The Morgan fingerprint density at radius 1 is 1.38 bits per heavy atom. The summed E-state index contributed by atoms with van der Waals surface area (Å²) in [7, 11) is -2.49. The van der Waals surface area contributed by atoms with Crippen LogP contribution in [0.3, 0.4) is 0 Å². The maximum Gasteiger partial charge on any atom is 0.325 e. The van der Waals surface area contributed by atoms with Crippen LogP contribution >= 0.6 is 27.5 Å². The number of carboxylic acid groups (broad SMARTS) is 1. The Bertz CT molecular complexity index is 1370. The molecule has 2 heterocycles. The number of pyridine rings is 1. The maximum absolute atomic E-state index is 13.7. The lowest BCUT2D eigenvalue weighted by Gasteiger charge is -2.30. The highest BCUT2D eigenvalue weighted by Gasteiger charge is 2.34. The number of hydrogen-bond donors (Lipinski definition) is 1. The second-order valence-corrected chi connectivity index (χ2v) is 10.9. The first-order chi connectivity index (χ1) is 16.1. The van der Waals surface area contributed by atoms with E-state index in [9.17, 15) is 17.6 Å². The van der Waals surface area contributed by atoms with E-state index in [1.54, 1.807) is 0 Å². The number of sulfonamides is 1. The molecule has 0 amide bonds. The first-order valence-corrected chi connectivity index (χ1v) is 12.7. The number of rotatable bonds is 7. The van der Waals surface area contributed by atoms with E-state index >= 15 is 0 Å². The highest BCUT2D eigenvalue weighted by atomic mass is 79.9. The first-order valence-electron chi connectivity index (χ1n) is 10.1. The van der Waals surface area contributed by atoms with E-state index in [1.165, 1.54) is 40.4 Å². The molecule has 4 rings (SSSR count). The second kappa shape index (κ2) is 9.61. The van der Waals surface area contributed by atoms with Gasteiger partial charge in [-0.05, 0) is 53.4 Å². The third-order valence-electron chi connectivity index (χ3n) is 5.52. The molecule has 3 aromatic rings. The van der Waals surface area contributed by atoms with Crippen LogP contribution in [-0.4, -0.2) is 45.6 Å². The fourth-order valence-electron chi connectivity index (χ4n) is 3.85. The molecular weight excluding hydrogens is 555 g/mol. The van der Waals surface area contributed by atoms with Crippen molar-refractivity contribution in [2.24, 2.45) is 0 Å². The Balaban J connectivity index is 1.59. The van der Waals surface area contributed by atoms with Gasteiger partial charge in [-0.25, -0.2) is 17.8 Å². The zero-order valence-electron chi connectivity index (χ0n) is 17.8. The highest BCUT2D eigenvalue weighted by Crippen LogP contribution is 2.37. The summed E-state index contributed by atoms with van der Waals surface area (Å²) in [5, 5.41) is 13.2. The van der Waals surface area contributed by atoms with Crippen molar-refractivity contribution < 1.29 is 27.4 Å². The topological polar surface area (TPSA) is 115 Å². The number of hydrogen-bond acceptors (Lipinski definition) is 6. The molecule has 0 spiro atoms. The van der Waals surface area contributed by atoms with Gasteiger partial charge >= 0.3 is 5.97 Å². The van der Waals surface area contributed by atoms with Gasteiger partial charge in [-0.3, -0.25) is 9.48 Å². The zero-order valence-corrected chi connectivity index (χ0v) is 20.9. The number of carbonyl (C=O) groups is 1. The molecule has 0 radical (unpaired) electrons. The molecule has 0 fully saturated rings. The summed E-state index contributed by atoms with van der Waals surface area (Å²) in [6, 6.07) is 4.76. The van der Waals surface area contributed by atoms with Gasteiger partial charge in [0, 0.05) is 24.4 Å². The van der Waals surface area contributed by atoms with Gasteiger partial charge in [0.1, 0.15) is 23.0 Å². The van der Waals surface area contributed by atoms with Crippen molar-refractivity contribution >= 4 is 43.5 Å². The normalized spacial score (nSPS) is 15.9. The minimum absolute atomic E-state index is 0.0526. The van der Waals surface area contributed by atoms with Crippen molar-refractivity contribution in [3.63, 3.8) is 0 Å². The molecule has 1 N–H and O–H groups in total. The van der Waals surface area contributed by atoms with E-state index in [0.717, 1.165) is 18.0 Å².